The van der Waals surface area contributed by atoms with Crippen molar-refractivity contribution in [2.75, 3.05) is 5.32 Å². The molecule has 0 saturated carbocycles. The number of hydrogen-bond donors (Lipinski definition) is 2. The molecule has 8 heteroatoms. The standard InChI is InChI=1S/C15H12F2N4O2/c1-9(14-10(8-22)3-2-4-18-14)20-21-15(23)19-13-6-11(16)5-12(17)7-13/h2-8H,1H3,(H2,19,21,23)/b20-9+. The fourth-order valence-corrected chi connectivity index (χ4v) is 1.79. The fourth-order valence-electron chi connectivity index (χ4n) is 1.79. The third-order valence-electron chi connectivity index (χ3n) is 2.75. The van der Waals surface area contributed by atoms with Crippen LogP contribution < -0.4 is 10.7 Å². The quantitative estimate of drug-likeness (QED) is 0.516. The molecule has 0 aliphatic heterocycles. The van der Waals surface area contributed by atoms with Crippen LogP contribution in [0.1, 0.15) is 23.0 Å². The van der Waals surface area contributed by atoms with Crippen molar-refractivity contribution >= 4 is 23.7 Å². The number of carbonyl (C=O) groups excluding carboxylic acids is 2. The summed E-state index contributed by atoms with van der Waals surface area (Å²) in [5, 5.41) is 6.02. The van der Waals surface area contributed by atoms with Crippen molar-refractivity contribution < 1.29 is 18.4 Å². The molecule has 0 fully saturated rings. The van der Waals surface area contributed by atoms with Crippen molar-refractivity contribution in [3.05, 3.63) is 59.4 Å². The topological polar surface area (TPSA) is 83.4 Å². The van der Waals surface area contributed by atoms with Gasteiger partial charge in [-0.15, -0.1) is 0 Å². The van der Waals surface area contributed by atoms with Gasteiger partial charge in [0.2, 0.25) is 0 Å². The molecule has 1 heterocycles. The smallest absolute Gasteiger partial charge is 0.306 e. The van der Waals surface area contributed by atoms with E-state index in [1.807, 2.05) is 0 Å². The number of urea groups is 1. The molecule has 2 rings (SSSR count). The Labute approximate surface area is 130 Å². The van der Waals surface area contributed by atoms with Gasteiger partial charge in [-0.25, -0.2) is 19.0 Å². The lowest BCUT2D eigenvalue weighted by molar-refractivity contribution is 0.112. The van der Waals surface area contributed by atoms with E-state index in [9.17, 15) is 18.4 Å². The van der Waals surface area contributed by atoms with E-state index in [0.717, 1.165) is 12.1 Å². The maximum atomic E-state index is 13.0. The summed E-state index contributed by atoms with van der Waals surface area (Å²) < 4.78 is 26.0. The number of amides is 2. The normalized spacial score (nSPS) is 11.0. The number of nitrogens with one attached hydrogen (secondary N) is 2. The molecule has 2 amide bonds. The van der Waals surface area contributed by atoms with Crippen molar-refractivity contribution in [2.24, 2.45) is 5.10 Å². The van der Waals surface area contributed by atoms with Crippen LogP contribution in [0.15, 0.2) is 41.6 Å². The predicted octanol–water partition coefficient (Wildman–Crippen LogP) is 2.72. The van der Waals surface area contributed by atoms with Gasteiger partial charge in [-0.05, 0) is 31.2 Å². The molecule has 0 unspecified atom stereocenters. The predicted molar refractivity (Wildman–Crippen MR) is 80.3 cm³/mol. The van der Waals surface area contributed by atoms with Gasteiger partial charge >= 0.3 is 6.03 Å². The molecule has 0 radical (unpaired) electrons. The van der Waals surface area contributed by atoms with Gasteiger partial charge in [0, 0.05) is 23.5 Å². The van der Waals surface area contributed by atoms with E-state index >= 15 is 0 Å². The summed E-state index contributed by atoms with van der Waals surface area (Å²) in [4.78, 5) is 26.6. The van der Waals surface area contributed by atoms with E-state index in [2.05, 4.69) is 20.8 Å². The molecular formula is C15H12F2N4O2. The third-order valence-corrected chi connectivity index (χ3v) is 2.75. The summed E-state index contributed by atoms with van der Waals surface area (Å²) in [5.41, 5.74) is 3.04. The molecule has 118 valence electrons. The van der Waals surface area contributed by atoms with E-state index in [1.165, 1.54) is 6.20 Å². The largest absolute Gasteiger partial charge is 0.339 e. The van der Waals surface area contributed by atoms with Gasteiger partial charge in [0.15, 0.2) is 6.29 Å². The van der Waals surface area contributed by atoms with Crippen LogP contribution in [0.3, 0.4) is 0 Å². The lowest BCUT2D eigenvalue weighted by atomic mass is 10.1. The third kappa shape index (κ3) is 4.40. The highest BCUT2D eigenvalue weighted by Gasteiger charge is 2.08. The van der Waals surface area contributed by atoms with E-state index in [-0.39, 0.29) is 5.69 Å². The van der Waals surface area contributed by atoms with Crippen LogP contribution in [-0.2, 0) is 0 Å². The molecule has 2 N–H and O–H groups in total. The van der Waals surface area contributed by atoms with Gasteiger partial charge in [0.1, 0.15) is 11.6 Å². The highest BCUT2D eigenvalue weighted by Crippen LogP contribution is 2.12. The van der Waals surface area contributed by atoms with Crippen LogP contribution in [0.25, 0.3) is 0 Å². The minimum Gasteiger partial charge on any atom is -0.306 e. The van der Waals surface area contributed by atoms with Crippen LogP contribution in [0, 0.1) is 11.6 Å². The SMILES string of the molecule is C/C(=N\NC(=O)Nc1cc(F)cc(F)c1)c1ncccc1C=O. The van der Waals surface area contributed by atoms with Crippen LogP contribution in [-0.4, -0.2) is 23.0 Å². The lowest BCUT2D eigenvalue weighted by Gasteiger charge is -2.06. The Morgan fingerprint density at radius 1 is 1.26 bits per heavy atom. The first-order chi connectivity index (χ1) is 11.0. The number of halogens is 2. The van der Waals surface area contributed by atoms with Crippen molar-refractivity contribution in [3.63, 3.8) is 0 Å². The van der Waals surface area contributed by atoms with Gasteiger partial charge in [-0.1, -0.05) is 0 Å². The number of hydrazone groups is 1. The van der Waals surface area contributed by atoms with Gasteiger partial charge in [0.25, 0.3) is 0 Å². The van der Waals surface area contributed by atoms with Crippen molar-refractivity contribution in [3.8, 4) is 0 Å². The maximum absolute atomic E-state index is 13.0. The summed E-state index contributed by atoms with van der Waals surface area (Å²) in [5.74, 6) is -1.63. The molecule has 0 aliphatic rings. The molecule has 0 spiro atoms. The first-order valence-electron chi connectivity index (χ1n) is 6.47. The average Bonchev–Trinajstić information content (AvgIpc) is 2.51. The summed E-state index contributed by atoms with van der Waals surface area (Å²) in [7, 11) is 0. The molecule has 6 nitrogen and oxygen atoms in total. The van der Waals surface area contributed by atoms with Gasteiger partial charge in [-0.3, -0.25) is 9.78 Å². The zero-order valence-corrected chi connectivity index (χ0v) is 12.0. The summed E-state index contributed by atoms with van der Waals surface area (Å²) >= 11 is 0. The Balaban J connectivity index is 2.06. The van der Waals surface area contributed by atoms with Crippen LogP contribution in [0.2, 0.25) is 0 Å². The lowest BCUT2D eigenvalue weighted by Crippen LogP contribution is -2.25. The number of pyridine rings is 1. The molecule has 0 atom stereocenters. The molecular weight excluding hydrogens is 306 g/mol. The number of carbonyl (C=O) groups is 2. The van der Waals surface area contributed by atoms with Crippen LogP contribution in [0.5, 0.6) is 0 Å². The molecule has 1 aromatic heterocycles. The van der Waals surface area contributed by atoms with Crippen molar-refractivity contribution in [1.82, 2.24) is 10.4 Å². The van der Waals surface area contributed by atoms with Crippen LogP contribution >= 0.6 is 0 Å². The van der Waals surface area contributed by atoms with E-state index < -0.39 is 17.7 Å². The first-order valence-corrected chi connectivity index (χ1v) is 6.47. The molecule has 2 aromatic rings. The summed E-state index contributed by atoms with van der Waals surface area (Å²) in [6.07, 6.45) is 2.11. The fraction of sp³-hybridized carbons (Fsp3) is 0.0667. The van der Waals surface area contributed by atoms with E-state index in [4.69, 9.17) is 0 Å². The van der Waals surface area contributed by atoms with Gasteiger partial charge in [-0.2, -0.15) is 5.10 Å². The number of rotatable bonds is 4. The molecule has 0 bridgehead atoms. The second-order valence-corrected chi connectivity index (χ2v) is 4.48. The van der Waals surface area contributed by atoms with Crippen molar-refractivity contribution in [2.45, 2.75) is 6.92 Å². The van der Waals surface area contributed by atoms with Gasteiger partial charge < -0.3 is 5.32 Å². The number of aldehydes is 1. The van der Waals surface area contributed by atoms with E-state index in [0.29, 0.717) is 29.3 Å². The second kappa shape index (κ2) is 7.21. The van der Waals surface area contributed by atoms with E-state index in [1.54, 1.807) is 19.1 Å². The number of nitrogens with zero attached hydrogens (tertiary/aromatic N) is 2. The Kier molecular flexibility index (Phi) is 5.08. The summed E-state index contributed by atoms with van der Waals surface area (Å²) in [6, 6.07) is 4.97. The zero-order valence-electron chi connectivity index (χ0n) is 12.0. The molecule has 0 saturated heterocycles. The molecule has 0 aliphatic carbocycles. The zero-order chi connectivity index (χ0) is 16.8. The minimum atomic E-state index is -0.816. The Bertz CT molecular complexity index is 758. The maximum Gasteiger partial charge on any atom is 0.339 e. The molecule has 23 heavy (non-hydrogen) atoms. The Morgan fingerprint density at radius 2 is 1.96 bits per heavy atom. The van der Waals surface area contributed by atoms with Gasteiger partial charge in [0.05, 0.1) is 11.4 Å². The minimum absolute atomic E-state index is 0.0562. The molecule has 1 aromatic carbocycles. The second-order valence-electron chi connectivity index (χ2n) is 4.48. The monoisotopic (exact) mass is 318 g/mol. The number of benzene rings is 1. The Hall–Kier alpha value is -3.16. The number of hydrogen-bond acceptors (Lipinski definition) is 4. The average molecular weight is 318 g/mol. The highest BCUT2D eigenvalue weighted by atomic mass is 19.1. The number of aromatic nitrogens is 1. The summed E-state index contributed by atoms with van der Waals surface area (Å²) in [6.45, 7) is 1.55. The Morgan fingerprint density at radius 3 is 2.61 bits per heavy atom. The highest BCUT2D eigenvalue weighted by molar-refractivity contribution is 6.03. The number of anilines is 1. The first kappa shape index (κ1) is 16.2. The van der Waals surface area contributed by atoms with Crippen molar-refractivity contribution in [1.29, 1.82) is 0 Å². The van der Waals surface area contributed by atoms with Crippen LogP contribution in [0.4, 0.5) is 19.3 Å².